The van der Waals surface area contributed by atoms with Crippen LogP contribution >= 0.6 is 0 Å². The normalized spacial score (nSPS) is 18.0. The first-order chi connectivity index (χ1) is 11.1. The van der Waals surface area contributed by atoms with Gasteiger partial charge < -0.3 is 16.0 Å². The van der Waals surface area contributed by atoms with E-state index in [1.807, 2.05) is 30.3 Å². The Labute approximate surface area is 134 Å². The molecule has 23 heavy (non-hydrogen) atoms. The molecule has 1 aliphatic rings. The minimum atomic E-state index is -0.532. The number of hydrogen-bond donors (Lipinski definition) is 2. The van der Waals surface area contributed by atoms with E-state index in [2.05, 4.69) is 17.1 Å². The highest BCUT2D eigenvalue weighted by Crippen LogP contribution is 2.25. The monoisotopic (exact) mass is 312 g/mol. The third kappa shape index (κ3) is 2.85. The number of primary amides is 1. The average Bonchev–Trinajstić information content (AvgIpc) is 2.55. The third-order valence-corrected chi connectivity index (χ3v) is 4.12. The molecule has 2 aromatic rings. The van der Waals surface area contributed by atoms with Crippen molar-refractivity contribution in [3.63, 3.8) is 0 Å². The quantitative estimate of drug-likeness (QED) is 0.876. The first-order valence-corrected chi connectivity index (χ1v) is 7.68. The Hall–Kier alpha value is -2.60. The maximum Gasteiger partial charge on any atom is 0.256 e. The molecule has 0 spiro atoms. The van der Waals surface area contributed by atoms with Crippen molar-refractivity contribution in [1.29, 1.82) is 0 Å². The number of nitrogens with one attached hydrogen (secondary N) is 1. The summed E-state index contributed by atoms with van der Waals surface area (Å²) in [5, 5.41) is 3.31. The number of amides is 1. The first kappa shape index (κ1) is 15.3. The van der Waals surface area contributed by atoms with Gasteiger partial charge in [0.15, 0.2) is 0 Å². The Morgan fingerprint density at radius 3 is 2.61 bits per heavy atom. The molecule has 1 unspecified atom stereocenters. The lowest BCUT2D eigenvalue weighted by Gasteiger charge is -2.37. The van der Waals surface area contributed by atoms with Crippen LogP contribution in [0.15, 0.2) is 47.3 Å². The highest BCUT2D eigenvalue weighted by atomic mass is 16.1. The molecule has 1 atom stereocenters. The number of pyridine rings is 1. The number of carbonyl (C=O) groups excluding carboxylic acids is 1. The molecule has 1 aliphatic heterocycles. The van der Waals surface area contributed by atoms with Crippen molar-refractivity contribution < 1.29 is 4.79 Å². The molecule has 2 heterocycles. The van der Waals surface area contributed by atoms with E-state index < -0.39 is 5.91 Å². The van der Waals surface area contributed by atoms with Gasteiger partial charge in [0.1, 0.15) is 5.82 Å². The van der Waals surface area contributed by atoms with Crippen molar-refractivity contribution >= 4 is 11.7 Å². The Balaban J connectivity index is 2.27. The number of carbonyl (C=O) groups is 1. The second kappa shape index (κ2) is 6.26. The second-order valence-electron chi connectivity index (χ2n) is 5.69. The van der Waals surface area contributed by atoms with Crippen molar-refractivity contribution in [2.45, 2.75) is 13.0 Å². The van der Waals surface area contributed by atoms with E-state index >= 15 is 0 Å². The third-order valence-electron chi connectivity index (χ3n) is 4.12. The van der Waals surface area contributed by atoms with Crippen LogP contribution in [-0.2, 0) is 0 Å². The summed E-state index contributed by atoms with van der Waals surface area (Å²) >= 11 is 0. The summed E-state index contributed by atoms with van der Waals surface area (Å²) in [4.78, 5) is 26.5. The Bertz CT molecular complexity index is 770. The number of nitrogens with two attached hydrogens (primary N) is 1. The van der Waals surface area contributed by atoms with Gasteiger partial charge in [0.05, 0.1) is 11.3 Å². The number of hydrogen-bond acceptors (Lipinski definition) is 4. The summed E-state index contributed by atoms with van der Waals surface area (Å²) in [7, 11) is 0. The maximum absolute atomic E-state index is 12.5. The highest BCUT2D eigenvalue weighted by Gasteiger charge is 2.26. The summed E-state index contributed by atoms with van der Waals surface area (Å²) in [5.74, 6) is 0.0422. The largest absolute Gasteiger partial charge is 0.365 e. The lowest BCUT2D eigenvalue weighted by Crippen LogP contribution is -2.52. The van der Waals surface area contributed by atoms with Crippen molar-refractivity contribution in [2.75, 3.05) is 24.5 Å². The van der Waals surface area contributed by atoms with Crippen molar-refractivity contribution in [3.05, 3.63) is 58.4 Å². The van der Waals surface area contributed by atoms with E-state index in [0.29, 0.717) is 17.9 Å². The van der Waals surface area contributed by atoms with Crippen LogP contribution in [0.5, 0.6) is 0 Å². The second-order valence-corrected chi connectivity index (χ2v) is 5.69. The van der Waals surface area contributed by atoms with Crippen LogP contribution < -0.4 is 21.5 Å². The zero-order valence-corrected chi connectivity index (χ0v) is 13.0. The minimum absolute atomic E-state index is 0.151. The van der Waals surface area contributed by atoms with Gasteiger partial charge in [0.2, 0.25) is 0 Å². The number of piperazine rings is 1. The van der Waals surface area contributed by atoms with Crippen LogP contribution in [-0.4, -0.2) is 36.2 Å². The summed E-state index contributed by atoms with van der Waals surface area (Å²) in [6, 6.07) is 12.4. The molecule has 120 valence electrons. The van der Waals surface area contributed by atoms with Gasteiger partial charge in [-0.1, -0.05) is 18.2 Å². The molecule has 0 radical (unpaired) electrons. The van der Waals surface area contributed by atoms with Crippen LogP contribution in [0.4, 0.5) is 5.82 Å². The number of benzene rings is 1. The van der Waals surface area contributed by atoms with E-state index in [0.717, 1.165) is 18.8 Å². The van der Waals surface area contributed by atoms with Crippen LogP contribution in [0.25, 0.3) is 5.69 Å². The maximum atomic E-state index is 12.5. The molecular weight excluding hydrogens is 292 g/mol. The fraction of sp³-hybridized carbons (Fsp3) is 0.294. The standard InChI is InChI=1S/C17H20N4O2/c1-12-11-19-9-10-20(12)17-14(16(18)23)7-8-15(22)21(17)13-5-3-2-4-6-13/h2-8,12,19H,9-11H2,1H3,(H2,18,23). The summed E-state index contributed by atoms with van der Waals surface area (Å²) in [6.07, 6.45) is 0. The lowest BCUT2D eigenvalue weighted by atomic mass is 10.1. The van der Waals surface area contributed by atoms with E-state index in [1.165, 1.54) is 12.1 Å². The minimum Gasteiger partial charge on any atom is -0.365 e. The molecule has 0 bridgehead atoms. The summed E-state index contributed by atoms with van der Waals surface area (Å²) in [6.45, 7) is 4.35. The molecule has 1 saturated heterocycles. The smallest absolute Gasteiger partial charge is 0.256 e. The Morgan fingerprint density at radius 1 is 1.22 bits per heavy atom. The number of aromatic nitrogens is 1. The number of rotatable bonds is 3. The topological polar surface area (TPSA) is 80.4 Å². The van der Waals surface area contributed by atoms with Crippen molar-refractivity contribution in [3.8, 4) is 5.69 Å². The molecule has 3 N–H and O–H groups in total. The predicted octanol–water partition coefficient (Wildman–Crippen LogP) is 0.735. The molecule has 1 aromatic carbocycles. The number of anilines is 1. The van der Waals surface area contributed by atoms with Gasteiger partial charge in [-0.3, -0.25) is 14.2 Å². The predicted molar refractivity (Wildman–Crippen MR) is 90.2 cm³/mol. The molecule has 6 heteroatoms. The number of nitrogens with zero attached hydrogens (tertiary/aromatic N) is 2. The number of para-hydroxylation sites is 1. The fourth-order valence-electron chi connectivity index (χ4n) is 2.99. The van der Waals surface area contributed by atoms with Crippen LogP contribution in [0.3, 0.4) is 0 Å². The van der Waals surface area contributed by atoms with Gasteiger partial charge in [-0.15, -0.1) is 0 Å². The van der Waals surface area contributed by atoms with Crippen LogP contribution in [0.1, 0.15) is 17.3 Å². The van der Waals surface area contributed by atoms with Gasteiger partial charge in [-0.25, -0.2) is 0 Å². The Morgan fingerprint density at radius 2 is 1.96 bits per heavy atom. The lowest BCUT2D eigenvalue weighted by molar-refractivity contribution is 0.1000. The highest BCUT2D eigenvalue weighted by molar-refractivity contribution is 5.98. The average molecular weight is 312 g/mol. The first-order valence-electron chi connectivity index (χ1n) is 7.68. The SMILES string of the molecule is CC1CNCCN1c1c(C(N)=O)ccc(=O)n1-c1ccccc1. The molecule has 1 fully saturated rings. The van der Waals surface area contributed by atoms with E-state index in [1.54, 1.807) is 4.57 Å². The molecular formula is C17H20N4O2. The molecule has 6 nitrogen and oxygen atoms in total. The van der Waals surface area contributed by atoms with E-state index in [9.17, 15) is 9.59 Å². The molecule has 1 amide bonds. The zero-order chi connectivity index (χ0) is 16.4. The van der Waals surface area contributed by atoms with Gasteiger partial charge in [0, 0.05) is 31.7 Å². The van der Waals surface area contributed by atoms with Gasteiger partial charge in [-0.2, -0.15) is 0 Å². The van der Waals surface area contributed by atoms with Crippen molar-refractivity contribution in [1.82, 2.24) is 9.88 Å². The summed E-state index contributed by atoms with van der Waals surface area (Å²) < 4.78 is 1.57. The van der Waals surface area contributed by atoms with Gasteiger partial charge in [0.25, 0.3) is 11.5 Å². The zero-order valence-electron chi connectivity index (χ0n) is 13.0. The summed E-state index contributed by atoms with van der Waals surface area (Å²) in [5.41, 5.74) is 6.47. The van der Waals surface area contributed by atoms with E-state index in [-0.39, 0.29) is 11.6 Å². The van der Waals surface area contributed by atoms with Crippen LogP contribution in [0.2, 0.25) is 0 Å². The molecule has 3 rings (SSSR count). The fourth-order valence-corrected chi connectivity index (χ4v) is 2.99. The van der Waals surface area contributed by atoms with Crippen LogP contribution in [0, 0.1) is 0 Å². The van der Waals surface area contributed by atoms with Gasteiger partial charge in [-0.05, 0) is 25.1 Å². The van der Waals surface area contributed by atoms with Crippen molar-refractivity contribution in [2.24, 2.45) is 5.73 Å². The molecule has 1 aromatic heterocycles. The molecule has 0 saturated carbocycles. The molecule has 0 aliphatic carbocycles. The Kier molecular flexibility index (Phi) is 4.16. The van der Waals surface area contributed by atoms with Gasteiger partial charge >= 0.3 is 0 Å². The van der Waals surface area contributed by atoms with E-state index in [4.69, 9.17) is 5.73 Å².